The van der Waals surface area contributed by atoms with Gasteiger partial charge in [0.05, 0.1) is 25.0 Å². The summed E-state index contributed by atoms with van der Waals surface area (Å²) in [5, 5.41) is 20.2. The molecule has 8 heteroatoms. The van der Waals surface area contributed by atoms with Gasteiger partial charge in [-0.05, 0) is 0 Å². The standard InChI is InChI=1S/C10H15N3O4S/c11-8(9(15)16)7-5-18-10(12-7)13-1-2-17-6(3-13)4-14/h5-6,8,14H,1-4,11H2,(H,15,16). The summed E-state index contributed by atoms with van der Waals surface area (Å²) in [5.74, 6) is -1.10. The summed E-state index contributed by atoms with van der Waals surface area (Å²) in [4.78, 5) is 16.9. The summed E-state index contributed by atoms with van der Waals surface area (Å²) in [7, 11) is 0. The van der Waals surface area contributed by atoms with Crippen LogP contribution in [0.4, 0.5) is 5.13 Å². The molecule has 18 heavy (non-hydrogen) atoms. The Morgan fingerprint density at radius 1 is 1.78 bits per heavy atom. The number of carboxylic acid groups (broad SMARTS) is 1. The van der Waals surface area contributed by atoms with Crippen molar-refractivity contribution in [2.24, 2.45) is 5.73 Å². The second kappa shape index (κ2) is 5.61. The first kappa shape index (κ1) is 13.2. The number of aliphatic hydroxyl groups excluding tert-OH is 1. The molecule has 1 aromatic heterocycles. The first-order valence-corrected chi connectivity index (χ1v) is 6.41. The molecule has 1 aliphatic heterocycles. The van der Waals surface area contributed by atoms with E-state index in [9.17, 15) is 4.79 Å². The zero-order valence-corrected chi connectivity index (χ0v) is 10.5. The normalized spacial score (nSPS) is 21.9. The SMILES string of the molecule is NC(C(=O)O)c1csc(N2CCOC(CO)C2)n1. The maximum atomic E-state index is 10.8. The maximum absolute atomic E-state index is 10.8. The average Bonchev–Trinajstić information content (AvgIpc) is 2.87. The number of aliphatic carboxylic acids is 1. The fourth-order valence-corrected chi connectivity index (χ4v) is 2.59. The molecular formula is C10H15N3O4S. The molecule has 0 aliphatic carbocycles. The number of nitrogens with zero attached hydrogens (tertiary/aromatic N) is 2. The molecule has 2 unspecified atom stereocenters. The lowest BCUT2D eigenvalue weighted by atomic mass is 10.2. The van der Waals surface area contributed by atoms with Gasteiger partial charge in [0.25, 0.3) is 0 Å². The third kappa shape index (κ3) is 2.78. The molecule has 0 saturated carbocycles. The van der Waals surface area contributed by atoms with E-state index in [1.807, 2.05) is 4.90 Å². The molecule has 1 saturated heterocycles. The Morgan fingerprint density at radius 3 is 3.22 bits per heavy atom. The molecule has 7 nitrogen and oxygen atoms in total. The van der Waals surface area contributed by atoms with Crippen LogP contribution in [-0.4, -0.2) is 53.6 Å². The fraction of sp³-hybridized carbons (Fsp3) is 0.600. The predicted octanol–water partition coefficient (Wildman–Crippen LogP) is -0.575. The first-order chi connectivity index (χ1) is 8.61. The van der Waals surface area contributed by atoms with Gasteiger partial charge in [0, 0.05) is 18.5 Å². The van der Waals surface area contributed by atoms with E-state index in [4.69, 9.17) is 20.7 Å². The molecular weight excluding hydrogens is 258 g/mol. The van der Waals surface area contributed by atoms with Gasteiger partial charge in [0.2, 0.25) is 0 Å². The first-order valence-electron chi connectivity index (χ1n) is 5.53. The molecule has 2 rings (SSSR count). The number of anilines is 1. The molecule has 100 valence electrons. The van der Waals surface area contributed by atoms with Crippen LogP contribution in [0.5, 0.6) is 0 Å². The highest BCUT2D eigenvalue weighted by atomic mass is 32.1. The van der Waals surface area contributed by atoms with Gasteiger partial charge in [-0.25, -0.2) is 4.98 Å². The molecule has 1 aromatic rings. The maximum Gasteiger partial charge on any atom is 0.326 e. The number of hydrogen-bond acceptors (Lipinski definition) is 7. The lowest BCUT2D eigenvalue weighted by Crippen LogP contribution is -2.44. The van der Waals surface area contributed by atoms with Gasteiger partial charge in [-0.15, -0.1) is 11.3 Å². The van der Waals surface area contributed by atoms with Crippen molar-refractivity contribution >= 4 is 22.4 Å². The van der Waals surface area contributed by atoms with Crippen LogP contribution in [0.2, 0.25) is 0 Å². The molecule has 2 atom stereocenters. The van der Waals surface area contributed by atoms with Crippen LogP contribution in [0.3, 0.4) is 0 Å². The largest absolute Gasteiger partial charge is 0.480 e. The lowest BCUT2D eigenvalue weighted by molar-refractivity contribution is -0.138. The highest BCUT2D eigenvalue weighted by molar-refractivity contribution is 7.13. The second-order valence-corrected chi connectivity index (χ2v) is 4.83. The number of carbonyl (C=O) groups is 1. The van der Waals surface area contributed by atoms with Crippen molar-refractivity contribution in [2.75, 3.05) is 31.2 Å². The van der Waals surface area contributed by atoms with E-state index in [0.29, 0.717) is 30.5 Å². The number of carboxylic acids is 1. The number of thiazole rings is 1. The molecule has 0 radical (unpaired) electrons. The van der Waals surface area contributed by atoms with Gasteiger partial charge >= 0.3 is 5.97 Å². The average molecular weight is 273 g/mol. The van der Waals surface area contributed by atoms with E-state index in [1.165, 1.54) is 11.3 Å². The predicted molar refractivity (Wildman–Crippen MR) is 65.7 cm³/mol. The topological polar surface area (TPSA) is 109 Å². The number of aromatic nitrogens is 1. The van der Waals surface area contributed by atoms with Gasteiger partial charge in [0.15, 0.2) is 5.13 Å². The summed E-state index contributed by atoms with van der Waals surface area (Å²) < 4.78 is 5.34. The monoisotopic (exact) mass is 273 g/mol. The Labute approximate surface area is 108 Å². The van der Waals surface area contributed by atoms with E-state index in [0.717, 1.165) is 0 Å². The van der Waals surface area contributed by atoms with Crippen molar-refractivity contribution in [2.45, 2.75) is 12.1 Å². The zero-order valence-electron chi connectivity index (χ0n) is 9.65. The highest BCUT2D eigenvalue weighted by Crippen LogP contribution is 2.25. The molecule has 0 aromatic carbocycles. The van der Waals surface area contributed by atoms with Crippen molar-refractivity contribution in [3.63, 3.8) is 0 Å². The van der Waals surface area contributed by atoms with Crippen LogP contribution in [0, 0.1) is 0 Å². The Balaban J connectivity index is 2.07. The minimum Gasteiger partial charge on any atom is -0.480 e. The van der Waals surface area contributed by atoms with Crippen LogP contribution in [-0.2, 0) is 9.53 Å². The minimum atomic E-state index is -1.10. The molecule has 1 fully saturated rings. The van der Waals surface area contributed by atoms with E-state index < -0.39 is 12.0 Å². The fourth-order valence-electron chi connectivity index (χ4n) is 1.69. The molecule has 0 spiro atoms. The van der Waals surface area contributed by atoms with Crippen molar-refractivity contribution in [3.8, 4) is 0 Å². The third-order valence-electron chi connectivity index (χ3n) is 2.71. The molecule has 2 heterocycles. The van der Waals surface area contributed by atoms with Crippen LogP contribution in [0.25, 0.3) is 0 Å². The van der Waals surface area contributed by atoms with Crippen LogP contribution in [0.15, 0.2) is 5.38 Å². The number of nitrogens with two attached hydrogens (primary N) is 1. The van der Waals surface area contributed by atoms with E-state index in [1.54, 1.807) is 5.38 Å². The van der Waals surface area contributed by atoms with Gasteiger partial charge < -0.3 is 25.6 Å². The Hall–Kier alpha value is -1.22. The number of aliphatic hydroxyl groups is 1. The van der Waals surface area contributed by atoms with Crippen LogP contribution >= 0.6 is 11.3 Å². The summed E-state index contributed by atoms with van der Waals surface area (Å²) in [5.41, 5.74) is 5.85. The number of hydrogen-bond donors (Lipinski definition) is 3. The molecule has 0 amide bonds. The van der Waals surface area contributed by atoms with Crippen molar-refractivity contribution in [1.29, 1.82) is 0 Å². The highest BCUT2D eigenvalue weighted by Gasteiger charge is 2.24. The van der Waals surface area contributed by atoms with Crippen molar-refractivity contribution in [1.82, 2.24) is 4.98 Å². The summed E-state index contributed by atoms with van der Waals surface area (Å²) in [6.45, 7) is 1.70. The van der Waals surface area contributed by atoms with E-state index >= 15 is 0 Å². The third-order valence-corrected chi connectivity index (χ3v) is 3.63. The Morgan fingerprint density at radius 2 is 2.56 bits per heavy atom. The number of morpholine rings is 1. The summed E-state index contributed by atoms with van der Waals surface area (Å²) >= 11 is 1.35. The quantitative estimate of drug-likeness (QED) is 0.673. The molecule has 0 bridgehead atoms. The smallest absolute Gasteiger partial charge is 0.326 e. The summed E-state index contributed by atoms with van der Waals surface area (Å²) in [6.07, 6.45) is -0.223. The van der Waals surface area contributed by atoms with Crippen LogP contribution in [0.1, 0.15) is 11.7 Å². The number of rotatable bonds is 4. The minimum absolute atomic E-state index is 0.0383. The Kier molecular flexibility index (Phi) is 4.12. The summed E-state index contributed by atoms with van der Waals surface area (Å²) in [6, 6.07) is -1.09. The van der Waals surface area contributed by atoms with Gasteiger partial charge in [-0.3, -0.25) is 4.79 Å². The van der Waals surface area contributed by atoms with Crippen molar-refractivity contribution in [3.05, 3.63) is 11.1 Å². The van der Waals surface area contributed by atoms with Gasteiger partial charge in [-0.1, -0.05) is 0 Å². The molecule has 4 N–H and O–H groups in total. The van der Waals surface area contributed by atoms with Gasteiger partial charge in [-0.2, -0.15) is 0 Å². The van der Waals surface area contributed by atoms with Gasteiger partial charge in [0.1, 0.15) is 6.04 Å². The zero-order chi connectivity index (χ0) is 13.1. The number of ether oxygens (including phenoxy) is 1. The van der Waals surface area contributed by atoms with E-state index in [-0.39, 0.29) is 12.7 Å². The lowest BCUT2D eigenvalue weighted by Gasteiger charge is -2.31. The van der Waals surface area contributed by atoms with E-state index in [2.05, 4.69) is 4.98 Å². The second-order valence-electron chi connectivity index (χ2n) is 3.99. The van der Waals surface area contributed by atoms with Crippen molar-refractivity contribution < 1.29 is 19.7 Å². The Bertz CT molecular complexity index is 425. The van der Waals surface area contributed by atoms with Crippen LogP contribution < -0.4 is 10.6 Å². The molecule has 1 aliphatic rings.